The Morgan fingerprint density at radius 1 is 1.24 bits per heavy atom. The molecule has 176 valence electrons. The molecule has 2 aliphatic rings. The van der Waals surface area contributed by atoms with Crippen molar-refractivity contribution in [2.24, 2.45) is 0 Å². The maximum Gasteiger partial charge on any atom is 0.340 e. The van der Waals surface area contributed by atoms with Gasteiger partial charge in [0.2, 0.25) is 10.0 Å². The van der Waals surface area contributed by atoms with Crippen LogP contribution in [-0.4, -0.2) is 60.4 Å². The Morgan fingerprint density at radius 3 is 2.76 bits per heavy atom. The van der Waals surface area contributed by atoms with E-state index in [0.29, 0.717) is 29.3 Å². The summed E-state index contributed by atoms with van der Waals surface area (Å²) in [6.45, 7) is 3.52. The van der Waals surface area contributed by atoms with E-state index in [2.05, 4.69) is 15.3 Å². The van der Waals surface area contributed by atoms with Gasteiger partial charge >= 0.3 is 5.97 Å². The van der Waals surface area contributed by atoms with Gasteiger partial charge in [-0.1, -0.05) is 6.92 Å². The highest BCUT2D eigenvalue weighted by Gasteiger charge is 2.39. The van der Waals surface area contributed by atoms with Crippen molar-refractivity contribution in [1.29, 1.82) is 0 Å². The molecule has 3 aromatic rings. The molecule has 0 unspecified atom stereocenters. The zero-order chi connectivity index (χ0) is 23.2. The monoisotopic (exact) mass is 472 g/mol. The van der Waals surface area contributed by atoms with Crippen molar-refractivity contribution >= 4 is 37.8 Å². The van der Waals surface area contributed by atoms with Crippen molar-refractivity contribution in [3.05, 3.63) is 40.3 Å². The van der Waals surface area contributed by atoms with E-state index in [1.807, 2.05) is 6.92 Å². The van der Waals surface area contributed by atoms with Crippen LogP contribution in [0, 0.1) is 0 Å². The van der Waals surface area contributed by atoms with Gasteiger partial charge in [0.1, 0.15) is 5.52 Å². The van der Waals surface area contributed by atoms with Gasteiger partial charge in [0, 0.05) is 41.1 Å². The average Bonchev–Trinajstić information content (AvgIpc) is 3.31. The Hall–Kier alpha value is -2.69. The third-order valence-electron chi connectivity index (χ3n) is 6.40. The molecule has 1 aliphatic carbocycles. The molecule has 2 fully saturated rings. The van der Waals surface area contributed by atoms with Gasteiger partial charge in [-0.25, -0.2) is 13.2 Å². The van der Waals surface area contributed by atoms with E-state index in [9.17, 15) is 18.0 Å². The predicted molar refractivity (Wildman–Crippen MR) is 125 cm³/mol. The number of carbonyl (C=O) groups excluding carboxylic acids is 1. The molecule has 3 N–H and O–H groups in total. The number of esters is 1. The molecule has 0 bridgehead atoms. The fourth-order valence-electron chi connectivity index (χ4n) is 4.57. The Morgan fingerprint density at radius 2 is 2.06 bits per heavy atom. The van der Waals surface area contributed by atoms with Crippen molar-refractivity contribution in [2.75, 3.05) is 19.7 Å². The lowest BCUT2D eigenvalue weighted by Gasteiger charge is -2.25. The van der Waals surface area contributed by atoms with Crippen molar-refractivity contribution in [3.8, 4) is 0 Å². The molecular formula is C23H28N4O5S. The van der Waals surface area contributed by atoms with Crippen LogP contribution in [0.25, 0.3) is 21.8 Å². The lowest BCUT2D eigenvalue weighted by molar-refractivity contribution is 0.0507. The van der Waals surface area contributed by atoms with Crippen molar-refractivity contribution < 1.29 is 17.9 Å². The third-order valence-corrected chi connectivity index (χ3v) is 8.31. The number of pyridine rings is 1. The molecule has 1 saturated heterocycles. The average molecular weight is 473 g/mol. The van der Waals surface area contributed by atoms with Crippen molar-refractivity contribution in [2.45, 2.75) is 56.0 Å². The van der Waals surface area contributed by atoms with Gasteiger partial charge in [0.15, 0.2) is 0 Å². The molecule has 1 saturated carbocycles. The fourth-order valence-corrected chi connectivity index (χ4v) is 6.33. The van der Waals surface area contributed by atoms with E-state index in [-0.39, 0.29) is 40.2 Å². The largest absolute Gasteiger partial charge is 0.462 e. The van der Waals surface area contributed by atoms with Crippen LogP contribution in [0.3, 0.4) is 0 Å². The summed E-state index contributed by atoms with van der Waals surface area (Å²) in [5, 5.41) is 4.25. The predicted octanol–water partition coefficient (Wildman–Crippen LogP) is 2.48. The van der Waals surface area contributed by atoms with Crippen LogP contribution in [0.2, 0.25) is 0 Å². The minimum atomic E-state index is -3.75. The number of hydrogen-bond donors (Lipinski definition) is 3. The van der Waals surface area contributed by atoms with Crippen molar-refractivity contribution in [3.63, 3.8) is 0 Å². The van der Waals surface area contributed by atoms with Crippen LogP contribution in [0.1, 0.15) is 49.4 Å². The molecular weight excluding hydrogens is 444 g/mol. The summed E-state index contributed by atoms with van der Waals surface area (Å²) < 4.78 is 34.2. The van der Waals surface area contributed by atoms with Gasteiger partial charge in [0.25, 0.3) is 5.56 Å². The highest BCUT2D eigenvalue weighted by atomic mass is 32.2. The number of H-pyrrole nitrogens is 2. The van der Waals surface area contributed by atoms with E-state index >= 15 is 0 Å². The van der Waals surface area contributed by atoms with Crippen LogP contribution in [0.5, 0.6) is 0 Å². The smallest absolute Gasteiger partial charge is 0.340 e. The molecule has 0 amide bonds. The van der Waals surface area contributed by atoms with Gasteiger partial charge in [0.05, 0.1) is 17.1 Å². The minimum Gasteiger partial charge on any atom is -0.462 e. The Kier molecular flexibility index (Phi) is 5.75. The van der Waals surface area contributed by atoms with Gasteiger partial charge in [-0.15, -0.1) is 0 Å². The lowest BCUT2D eigenvalue weighted by Crippen LogP contribution is -2.42. The summed E-state index contributed by atoms with van der Waals surface area (Å²) >= 11 is 0. The molecule has 1 atom stereocenters. The first kappa shape index (κ1) is 22.1. The van der Waals surface area contributed by atoms with E-state index in [1.165, 1.54) is 12.3 Å². The summed E-state index contributed by atoms with van der Waals surface area (Å²) in [5.74, 6) is -0.546. The van der Waals surface area contributed by atoms with Crippen LogP contribution < -0.4 is 10.9 Å². The second-order valence-corrected chi connectivity index (χ2v) is 10.7. The quantitative estimate of drug-likeness (QED) is 0.433. The number of fused-ring (bicyclic) bond motifs is 3. The Balaban J connectivity index is 1.61. The summed E-state index contributed by atoms with van der Waals surface area (Å²) in [5.41, 5.74) is 0.522. The highest BCUT2D eigenvalue weighted by molar-refractivity contribution is 7.89. The molecule has 0 spiro atoms. The molecule has 33 heavy (non-hydrogen) atoms. The highest BCUT2D eigenvalue weighted by Crippen LogP contribution is 2.34. The lowest BCUT2D eigenvalue weighted by atomic mass is 10.1. The minimum absolute atomic E-state index is 0.0236. The number of aromatic nitrogens is 2. The summed E-state index contributed by atoms with van der Waals surface area (Å²) in [4.78, 5) is 31.0. The molecule has 2 aromatic heterocycles. The summed E-state index contributed by atoms with van der Waals surface area (Å²) in [6, 6.07) is 4.86. The third kappa shape index (κ3) is 4.07. The van der Waals surface area contributed by atoms with Crippen LogP contribution >= 0.6 is 0 Å². The maximum absolute atomic E-state index is 13.7. The van der Waals surface area contributed by atoms with E-state index in [4.69, 9.17) is 4.74 Å². The molecule has 3 heterocycles. The first-order valence-electron chi connectivity index (χ1n) is 11.5. The van der Waals surface area contributed by atoms with Crippen molar-refractivity contribution in [1.82, 2.24) is 19.6 Å². The first-order valence-corrected chi connectivity index (χ1v) is 12.9. The SMILES string of the molecule is CCCOC(=O)c1c[nH]c2c(=O)[nH]c3ccc(S(=O)(=O)N(C[C@@H]4CCCN4)C4CC4)cc3c12. The molecule has 1 aromatic carbocycles. The number of benzene rings is 1. The summed E-state index contributed by atoms with van der Waals surface area (Å²) in [7, 11) is -3.75. The second kappa shape index (κ2) is 8.58. The van der Waals surface area contributed by atoms with E-state index < -0.39 is 16.0 Å². The molecule has 5 rings (SSSR count). The fraction of sp³-hybridized carbons (Fsp3) is 0.478. The molecule has 1 aliphatic heterocycles. The van der Waals surface area contributed by atoms with Crippen LogP contribution in [-0.2, 0) is 14.8 Å². The standard InChI is InChI=1S/C23H28N4O5S/c1-2-10-32-23(29)18-12-25-21-20(18)17-11-16(7-8-19(17)26-22(21)28)33(30,31)27(15-5-6-15)13-14-4-3-9-24-14/h7-8,11-12,14-15,24-25H,2-6,9-10,13H2,1H3,(H,26,28)/t14-/m0/s1. The maximum atomic E-state index is 13.7. The number of nitrogens with zero attached hydrogens (tertiary/aromatic N) is 1. The molecule has 9 nitrogen and oxygen atoms in total. The number of ether oxygens (including phenoxy) is 1. The Bertz CT molecular complexity index is 1370. The zero-order valence-corrected chi connectivity index (χ0v) is 19.3. The number of rotatable bonds is 8. The van der Waals surface area contributed by atoms with Gasteiger partial charge in [-0.2, -0.15) is 4.31 Å². The number of hydrogen-bond acceptors (Lipinski definition) is 6. The number of sulfonamides is 1. The molecule has 0 radical (unpaired) electrons. The van der Waals surface area contributed by atoms with E-state index in [1.54, 1.807) is 16.4 Å². The van der Waals surface area contributed by atoms with Crippen LogP contribution in [0.4, 0.5) is 0 Å². The normalized spacial score (nSPS) is 19.0. The van der Waals surface area contributed by atoms with Gasteiger partial charge in [-0.3, -0.25) is 4.79 Å². The number of nitrogens with one attached hydrogen (secondary N) is 3. The second-order valence-electron chi connectivity index (χ2n) is 8.85. The van der Waals surface area contributed by atoms with E-state index in [0.717, 1.165) is 32.2 Å². The van der Waals surface area contributed by atoms with Crippen LogP contribution in [0.15, 0.2) is 34.1 Å². The van der Waals surface area contributed by atoms with Gasteiger partial charge in [-0.05, 0) is 56.8 Å². The van der Waals surface area contributed by atoms with Gasteiger partial charge < -0.3 is 20.0 Å². The topological polar surface area (TPSA) is 124 Å². The Labute approximate surface area is 191 Å². The first-order chi connectivity index (χ1) is 15.9. The zero-order valence-electron chi connectivity index (χ0n) is 18.5. The molecule has 10 heteroatoms. The number of carbonyl (C=O) groups is 1. The summed E-state index contributed by atoms with van der Waals surface area (Å²) in [6.07, 6.45) is 5.86. The number of aromatic amines is 2.